The third kappa shape index (κ3) is 3.91. The van der Waals surface area contributed by atoms with Crippen molar-refractivity contribution in [2.24, 2.45) is 0 Å². The number of rotatable bonds is 3. The fraction of sp³-hybridized carbons (Fsp3) is 0.700. The molecule has 3 fully saturated rings. The number of likely N-dealkylation sites (N-methyl/N-ethyl adjacent to an activating group) is 1. The third-order valence-electron chi connectivity index (χ3n) is 6.09. The molecule has 27 heavy (non-hydrogen) atoms. The van der Waals surface area contributed by atoms with Crippen LogP contribution in [0.3, 0.4) is 0 Å². The molecule has 0 aromatic carbocycles. The molecule has 0 N–H and O–H groups in total. The molecular formula is C20H29N3O2S2. The number of nitrogens with zero attached hydrogens (tertiary/aromatic N) is 3. The Labute approximate surface area is 170 Å². The molecule has 1 aliphatic carbocycles. The average molecular weight is 408 g/mol. The Balaban J connectivity index is 1.64. The molecule has 0 spiro atoms. The number of thiophene rings is 1. The van der Waals surface area contributed by atoms with E-state index in [9.17, 15) is 9.59 Å². The number of carbonyl (C=O) groups excluding carboxylic acids is 2. The molecule has 5 nitrogen and oxygen atoms in total. The van der Waals surface area contributed by atoms with E-state index in [1.807, 2.05) is 4.90 Å². The summed E-state index contributed by atoms with van der Waals surface area (Å²) in [5.41, 5.74) is 0. The third-order valence-corrected chi connectivity index (χ3v) is 8.39. The van der Waals surface area contributed by atoms with Crippen LogP contribution in [0.2, 0.25) is 0 Å². The SMILES string of the molecule is Cc1ccc(C2C(C(=O)N3CCN(C)CC3)SCC(=O)N2C2CCCC2)s1. The van der Waals surface area contributed by atoms with Gasteiger partial charge in [-0.3, -0.25) is 9.59 Å². The number of thioether (sulfide) groups is 1. The van der Waals surface area contributed by atoms with Crippen molar-refractivity contribution in [3.05, 3.63) is 21.9 Å². The fourth-order valence-corrected chi connectivity index (χ4v) is 6.88. The first-order valence-corrected chi connectivity index (χ1v) is 11.9. The van der Waals surface area contributed by atoms with E-state index in [0.717, 1.165) is 39.0 Å². The van der Waals surface area contributed by atoms with E-state index in [-0.39, 0.29) is 23.1 Å². The topological polar surface area (TPSA) is 43.9 Å². The van der Waals surface area contributed by atoms with Gasteiger partial charge in [-0.1, -0.05) is 12.8 Å². The van der Waals surface area contributed by atoms with Crippen molar-refractivity contribution >= 4 is 34.9 Å². The summed E-state index contributed by atoms with van der Waals surface area (Å²) in [4.78, 5) is 35.2. The minimum Gasteiger partial charge on any atom is -0.339 e. The van der Waals surface area contributed by atoms with Gasteiger partial charge in [0.25, 0.3) is 0 Å². The zero-order chi connectivity index (χ0) is 19.0. The van der Waals surface area contributed by atoms with Crippen molar-refractivity contribution in [3.8, 4) is 0 Å². The fourth-order valence-electron chi connectivity index (χ4n) is 4.55. The Kier molecular flexibility index (Phi) is 5.81. The minimum absolute atomic E-state index is 0.106. The summed E-state index contributed by atoms with van der Waals surface area (Å²) in [6.45, 7) is 5.54. The highest BCUT2D eigenvalue weighted by molar-refractivity contribution is 8.01. The van der Waals surface area contributed by atoms with E-state index in [1.165, 1.54) is 22.6 Å². The molecule has 4 rings (SSSR count). The highest BCUT2D eigenvalue weighted by atomic mass is 32.2. The predicted molar refractivity (Wildman–Crippen MR) is 111 cm³/mol. The van der Waals surface area contributed by atoms with Gasteiger partial charge in [0.15, 0.2) is 0 Å². The van der Waals surface area contributed by atoms with Gasteiger partial charge in [0.05, 0.1) is 11.8 Å². The molecule has 2 unspecified atom stereocenters. The van der Waals surface area contributed by atoms with Gasteiger partial charge >= 0.3 is 0 Å². The lowest BCUT2D eigenvalue weighted by atomic mass is 10.0. The summed E-state index contributed by atoms with van der Waals surface area (Å²) < 4.78 is 0. The van der Waals surface area contributed by atoms with Gasteiger partial charge in [-0.15, -0.1) is 23.1 Å². The van der Waals surface area contributed by atoms with E-state index in [1.54, 1.807) is 23.1 Å². The smallest absolute Gasteiger partial charge is 0.238 e. The standard InChI is InChI=1S/C20H29N3O2S2/c1-14-7-8-16(27-14)18-19(20(25)22-11-9-21(2)10-12-22)26-13-17(24)23(18)15-5-3-4-6-15/h7-8,15,18-19H,3-6,9-13H2,1-2H3. The van der Waals surface area contributed by atoms with Gasteiger partial charge in [-0.05, 0) is 38.9 Å². The first-order valence-electron chi connectivity index (χ1n) is 10.0. The van der Waals surface area contributed by atoms with Gasteiger partial charge in [0.1, 0.15) is 5.25 Å². The van der Waals surface area contributed by atoms with Crippen LogP contribution in [0.25, 0.3) is 0 Å². The van der Waals surface area contributed by atoms with Crippen LogP contribution in [0.1, 0.15) is 41.5 Å². The molecule has 148 valence electrons. The Morgan fingerprint density at radius 3 is 2.44 bits per heavy atom. The first-order chi connectivity index (χ1) is 13.0. The molecule has 2 aliphatic heterocycles. The molecule has 1 aromatic rings. The average Bonchev–Trinajstić information content (AvgIpc) is 3.33. The number of hydrogen-bond acceptors (Lipinski definition) is 5. The van der Waals surface area contributed by atoms with Crippen LogP contribution in [0.5, 0.6) is 0 Å². The maximum Gasteiger partial charge on any atom is 0.238 e. The summed E-state index contributed by atoms with van der Waals surface area (Å²) in [7, 11) is 2.11. The number of amides is 2. The van der Waals surface area contributed by atoms with Crippen LogP contribution < -0.4 is 0 Å². The quantitative estimate of drug-likeness (QED) is 0.773. The van der Waals surface area contributed by atoms with E-state index in [0.29, 0.717) is 11.8 Å². The normalized spacial score (nSPS) is 28.1. The van der Waals surface area contributed by atoms with Crippen molar-refractivity contribution < 1.29 is 9.59 Å². The van der Waals surface area contributed by atoms with Crippen LogP contribution in [0.4, 0.5) is 0 Å². The summed E-state index contributed by atoms with van der Waals surface area (Å²) in [6.07, 6.45) is 4.53. The van der Waals surface area contributed by atoms with Gasteiger partial charge in [0.2, 0.25) is 11.8 Å². The van der Waals surface area contributed by atoms with Crippen molar-refractivity contribution in [3.63, 3.8) is 0 Å². The van der Waals surface area contributed by atoms with Gasteiger partial charge in [0, 0.05) is 42.0 Å². The molecule has 1 saturated carbocycles. The minimum atomic E-state index is -0.176. The molecule has 2 amide bonds. The van der Waals surface area contributed by atoms with Gasteiger partial charge in [-0.2, -0.15) is 0 Å². The van der Waals surface area contributed by atoms with Crippen molar-refractivity contribution in [2.45, 2.75) is 49.9 Å². The summed E-state index contributed by atoms with van der Waals surface area (Å²) in [5, 5.41) is -0.176. The monoisotopic (exact) mass is 407 g/mol. The largest absolute Gasteiger partial charge is 0.339 e. The molecule has 2 saturated heterocycles. The lowest BCUT2D eigenvalue weighted by molar-refractivity contribution is -0.139. The maximum atomic E-state index is 13.5. The van der Waals surface area contributed by atoms with Crippen molar-refractivity contribution in [1.82, 2.24) is 14.7 Å². The van der Waals surface area contributed by atoms with Gasteiger partial charge < -0.3 is 14.7 Å². The van der Waals surface area contributed by atoms with E-state index in [4.69, 9.17) is 0 Å². The number of piperazine rings is 1. The zero-order valence-electron chi connectivity index (χ0n) is 16.2. The van der Waals surface area contributed by atoms with Crippen LogP contribution in [0, 0.1) is 6.92 Å². The van der Waals surface area contributed by atoms with E-state index in [2.05, 4.69) is 35.9 Å². The second-order valence-electron chi connectivity index (χ2n) is 7.99. The Hall–Kier alpha value is -1.05. The zero-order valence-corrected chi connectivity index (χ0v) is 17.9. The number of aryl methyl sites for hydroxylation is 1. The van der Waals surface area contributed by atoms with Gasteiger partial charge in [-0.25, -0.2) is 0 Å². The molecule has 1 aromatic heterocycles. The molecule has 3 aliphatic rings. The second kappa shape index (κ2) is 8.13. The molecule has 0 bridgehead atoms. The maximum absolute atomic E-state index is 13.5. The lowest BCUT2D eigenvalue weighted by Gasteiger charge is -2.45. The van der Waals surface area contributed by atoms with E-state index < -0.39 is 0 Å². The summed E-state index contributed by atoms with van der Waals surface area (Å²) in [6, 6.07) is 4.45. The van der Waals surface area contributed by atoms with Crippen LogP contribution in [0.15, 0.2) is 12.1 Å². The van der Waals surface area contributed by atoms with Crippen molar-refractivity contribution in [1.29, 1.82) is 0 Å². The molecule has 2 atom stereocenters. The van der Waals surface area contributed by atoms with Crippen LogP contribution in [-0.4, -0.2) is 76.8 Å². The summed E-state index contributed by atoms with van der Waals surface area (Å²) in [5.74, 6) is 0.867. The van der Waals surface area contributed by atoms with E-state index >= 15 is 0 Å². The van der Waals surface area contributed by atoms with Crippen molar-refractivity contribution in [2.75, 3.05) is 39.0 Å². The number of carbonyl (C=O) groups is 2. The molecule has 0 radical (unpaired) electrons. The number of hydrogen-bond donors (Lipinski definition) is 0. The lowest BCUT2D eigenvalue weighted by Crippen LogP contribution is -2.56. The molecular weight excluding hydrogens is 378 g/mol. The first kappa shape index (κ1) is 19.3. The molecule has 3 heterocycles. The van der Waals surface area contributed by atoms with Crippen LogP contribution >= 0.6 is 23.1 Å². The highest BCUT2D eigenvalue weighted by Gasteiger charge is 2.46. The second-order valence-corrected chi connectivity index (χ2v) is 10.4. The van der Waals surface area contributed by atoms with Crippen LogP contribution in [-0.2, 0) is 9.59 Å². The summed E-state index contributed by atoms with van der Waals surface area (Å²) >= 11 is 3.30. The highest BCUT2D eigenvalue weighted by Crippen LogP contribution is 2.44. The Bertz CT molecular complexity index is 693. The Morgan fingerprint density at radius 2 is 1.81 bits per heavy atom. The predicted octanol–water partition coefficient (Wildman–Crippen LogP) is 2.76. The Morgan fingerprint density at radius 1 is 1.11 bits per heavy atom. The molecule has 7 heteroatoms.